The molecule has 1 aromatic heterocycles. The lowest BCUT2D eigenvalue weighted by molar-refractivity contribution is -0.125. The van der Waals surface area contributed by atoms with Gasteiger partial charge in [-0.3, -0.25) is 4.79 Å². The number of benzene rings is 1. The fourth-order valence-electron chi connectivity index (χ4n) is 2.40. The molecule has 6 nitrogen and oxygen atoms in total. The van der Waals surface area contributed by atoms with Crippen molar-refractivity contribution in [2.45, 2.75) is 24.3 Å². The number of ether oxygens (including phenoxy) is 1. The van der Waals surface area contributed by atoms with Crippen molar-refractivity contribution in [3.05, 3.63) is 54.0 Å². The maximum atomic E-state index is 12.6. The van der Waals surface area contributed by atoms with Gasteiger partial charge in [0.05, 0.1) is 11.2 Å². The average Bonchev–Trinajstić information content (AvgIpc) is 3.06. The van der Waals surface area contributed by atoms with E-state index in [2.05, 4.69) is 0 Å². The van der Waals surface area contributed by atoms with Gasteiger partial charge in [-0.05, 0) is 50.2 Å². The molecule has 0 bridgehead atoms. The fourth-order valence-corrected chi connectivity index (χ4v) is 2.92. The van der Waals surface area contributed by atoms with Crippen LogP contribution in [0.1, 0.15) is 25.2 Å². The summed E-state index contributed by atoms with van der Waals surface area (Å²) >= 11 is 0. The van der Waals surface area contributed by atoms with Gasteiger partial charge in [-0.15, -0.1) is 0 Å². The van der Waals surface area contributed by atoms with Crippen molar-refractivity contribution in [3.63, 3.8) is 0 Å². The number of hydrogen-bond acceptors (Lipinski definition) is 5. The summed E-state index contributed by atoms with van der Waals surface area (Å²) in [6, 6.07) is 9.20. The molecule has 120 valence electrons. The summed E-state index contributed by atoms with van der Waals surface area (Å²) < 4.78 is 33.8. The third kappa shape index (κ3) is 2.69. The van der Waals surface area contributed by atoms with Crippen molar-refractivity contribution in [1.29, 1.82) is 0 Å². The average molecular weight is 333 g/mol. The van der Waals surface area contributed by atoms with Gasteiger partial charge in [-0.1, -0.05) is 0 Å². The lowest BCUT2D eigenvalue weighted by Crippen LogP contribution is -2.29. The number of sulfonamides is 1. The second-order valence-corrected chi connectivity index (χ2v) is 7.25. The van der Waals surface area contributed by atoms with Crippen LogP contribution in [0.5, 0.6) is 0 Å². The van der Waals surface area contributed by atoms with Gasteiger partial charge in [0.2, 0.25) is 15.8 Å². The number of carbonyl (C=O) groups excluding carboxylic acids is 1. The predicted octanol–water partition coefficient (Wildman–Crippen LogP) is 2.17. The van der Waals surface area contributed by atoms with Crippen molar-refractivity contribution in [1.82, 2.24) is 0 Å². The largest absolute Gasteiger partial charge is 0.478 e. The normalized spacial score (nSPS) is 17.4. The van der Waals surface area contributed by atoms with Crippen LogP contribution < -0.4 is 5.14 Å². The Morgan fingerprint density at radius 3 is 2.26 bits per heavy atom. The van der Waals surface area contributed by atoms with E-state index in [0.717, 1.165) is 0 Å². The Morgan fingerprint density at radius 1 is 1.09 bits per heavy atom. The highest BCUT2D eigenvalue weighted by Crippen LogP contribution is 2.41. The summed E-state index contributed by atoms with van der Waals surface area (Å²) in [4.78, 5) is 12.6. The van der Waals surface area contributed by atoms with E-state index in [0.29, 0.717) is 22.7 Å². The van der Waals surface area contributed by atoms with Gasteiger partial charge < -0.3 is 9.15 Å². The van der Waals surface area contributed by atoms with E-state index in [1.165, 1.54) is 18.4 Å². The SMILES string of the molecule is CC1(C)OC(c2ccc(S(N)(=O)=O)cc2)=C(c2ccco2)C1=O. The Balaban J connectivity index is 2.13. The van der Waals surface area contributed by atoms with Crippen LogP contribution in [0.2, 0.25) is 0 Å². The van der Waals surface area contributed by atoms with Crippen LogP contribution in [-0.2, 0) is 19.6 Å². The summed E-state index contributed by atoms with van der Waals surface area (Å²) in [5, 5.41) is 5.09. The highest BCUT2D eigenvalue weighted by molar-refractivity contribution is 7.89. The number of rotatable bonds is 3. The maximum absolute atomic E-state index is 12.6. The Labute approximate surface area is 133 Å². The van der Waals surface area contributed by atoms with E-state index in [9.17, 15) is 13.2 Å². The van der Waals surface area contributed by atoms with Crippen molar-refractivity contribution >= 4 is 27.1 Å². The molecule has 0 unspecified atom stereocenters. The molecule has 2 N–H and O–H groups in total. The Bertz CT molecular complexity index is 890. The molecule has 3 rings (SSSR count). The van der Waals surface area contributed by atoms with Gasteiger partial charge in [0.15, 0.2) is 5.60 Å². The van der Waals surface area contributed by atoms with Crippen molar-refractivity contribution < 1.29 is 22.4 Å². The number of ketones is 1. The van der Waals surface area contributed by atoms with Crippen LogP contribution in [0, 0.1) is 0 Å². The molecule has 23 heavy (non-hydrogen) atoms. The van der Waals surface area contributed by atoms with Crippen LogP contribution in [0.4, 0.5) is 0 Å². The Kier molecular flexibility index (Phi) is 3.42. The van der Waals surface area contributed by atoms with Gasteiger partial charge in [0.1, 0.15) is 17.1 Å². The van der Waals surface area contributed by atoms with Gasteiger partial charge >= 0.3 is 0 Å². The molecule has 0 amide bonds. The molecule has 0 atom stereocenters. The first-order valence-corrected chi connectivity index (χ1v) is 8.40. The molecule has 7 heteroatoms. The standard InChI is InChI=1S/C16H15NO5S/c1-16(2)15(18)13(12-4-3-9-21-12)14(22-16)10-5-7-11(8-6-10)23(17,19)20/h3-9H,1-2H3,(H2,17,19,20). The molecular formula is C16H15NO5S. The molecule has 0 radical (unpaired) electrons. The maximum Gasteiger partial charge on any atom is 0.238 e. The Hall–Kier alpha value is -2.38. The molecule has 0 saturated heterocycles. The third-order valence-corrected chi connectivity index (χ3v) is 4.50. The van der Waals surface area contributed by atoms with E-state index in [1.54, 1.807) is 38.1 Å². The zero-order valence-electron chi connectivity index (χ0n) is 12.6. The molecular weight excluding hydrogens is 318 g/mol. The van der Waals surface area contributed by atoms with Crippen LogP contribution in [0.15, 0.2) is 52.0 Å². The van der Waals surface area contributed by atoms with E-state index in [-0.39, 0.29) is 10.7 Å². The number of nitrogens with two attached hydrogens (primary N) is 1. The van der Waals surface area contributed by atoms with Crippen LogP contribution in [-0.4, -0.2) is 19.8 Å². The summed E-state index contributed by atoms with van der Waals surface area (Å²) in [5.41, 5.74) is -0.109. The smallest absolute Gasteiger partial charge is 0.238 e. The number of primary sulfonamides is 1. The van der Waals surface area contributed by atoms with Crippen molar-refractivity contribution in [3.8, 4) is 0 Å². The zero-order chi connectivity index (χ0) is 16.8. The molecule has 1 aliphatic rings. The highest BCUT2D eigenvalue weighted by atomic mass is 32.2. The summed E-state index contributed by atoms with van der Waals surface area (Å²) in [6.07, 6.45) is 1.47. The van der Waals surface area contributed by atoms with Crippen molar-refractivity contribution in [2.24, 2.45) is 5.14 Å². The number of carbonyl (C=O) groups is 1. The van der Waals surface area contributed by atoms with E-state index in [1.807, 2.05) is 0 Å². The zero-order valence-corrected chi connectivity index (χ0v) is 13.4. The van der Waals surface area contributed by atoms with E-state index >= 15 is 0 Å². The van der Waals surface area contributed by atoms with Gasteiger partial charge in [-0.2, -0.15) is 0 Å². The number of Topliss-reactive ketones (excluding diaryl/α,β-unsaturated/α-hetero) is 1. The molecule has 0 aliphatic carbocycles. The minimum atomic E-state index is -3.78. The van der Waals surface area contributed by atoms with Crippen LogP contribution in [0.3, 0.4) is 0 Å². The molecule has 0 saturated carbocycles. The third-order valence-electron chi connectivity index (χ3n) is 3.57. The predicted molar refractivity (Wildman–Crippen MR) is 83.5 cm³/mol. The monoisotopic (exact) mass is 333 g/mol. The van der Waals surface area contributed by atoms with Crippen molar-refractivity contribution in [2.75, 3.05) is 0 Å². The lowest BCUT2D eigenvalue weighted by Gasteiger charge is -2.17. The lowest BCUT2D eigenvalue weighted by atomic mass is 9.96. The van der Waals surface area contributed by atoms with Crippen LogP contribution in [0.25, 0.3) is 11.3 Å². The Morgan fingerprint density at radius 2 is 1.74 bits per heavy atom. The van der Waals surface area contributed by atoms with Gasteiger partial charge in [0.25, 0.3) is 0 Å². The molecule has 2 heterocycles. The molecule has 2 aromatic rings. The fraction of sp³-hybridized carbons (Fsp3) is 0.188. The summed E-state index contributed by atoms with van der Waals surface area (Å²) in [6.45, 7) is 3.34. The molecule has 0 spiro atoms. The first kappa shape index (κ1) is 15.5. The molecule has 0 fully saturated rings. The first-order chi connectivity index (χ1) is 10.7. The van der Waals surface area contributed by atoms with Crippen LogP contribution >= 0.6 is 0 Å². The van der Waals surface area contributed by atoms with Gasteiger partial charge in [-0.25, -0.2) is 13.6 Å². The first-order valence-electron chi connectivity index (χ1n) is 6.85. The summed E-state index contributed by atoms with van der Waals surface area (Å²) in [5.74, 6) is 0.569. The van der Waals surface area contributed by atoms with Gasteiger partial charge in [0, 0.05) is 5.56 Å². The highest BCUT2D eigenvalue weighted by Gasteiger charge is 2.43. The minimum absolute atomic E-state index is 0.00928. The molecule has 1 aromatic carbocycles. The number of hydrogen-bond donors (Lipinski definition) is 1. The second kappa shape index (κ2) is 5.07. The van der Waals surface area contributed by atoms with E-state index in [4.69, 9.17) is 14.3 Å². The number of furan rings is 1. The quantitative estimate of drug-likeness (QED) is 0.928. The van der Waals surface area contributed by atoms with E-state index < -0.39 is 15.6 Å². The topological polar surface area (TPSA) is 99.6 Å². The minimum Gasteiger partial charge on any atom is -0.478 e. The molecule has 1 aliphatic heterocycles. The second-order valence-electron chi connectivity index (χ2n) is 5.69. The summed E-state index contributed by atoms with van der Waals surface area (Å²) in [7, 11) is -3.78.